The van der Waals surface area contributed by atoms with E-state index in [0.717, 1.165) is 23.0 Å². The Morgan fingerprint density at radius 2 is 1.04 bits per heavy atom. The molecule has 0 bridgehead atoms. The maximum Gasteiger partial charge on any atom is 0.118 e. The van der Waals surface area contributed by atoms with Gasteiger partial charge in [0.25, 0.3) is 0 Å². The number of hydrogen-bond acceptors (Lipinski definition) is 4. The molecule has 2 nitrogen and oxygen atoms in total. The summed E-state index contributed by atoms with van der Waals surface area (Å²) in [6.07, 6.45) is 8.65. The van der Waals surface area contributed by atoms with Crippen molar-refractivity contribution in [1.29, 1.82) is 0 Å². The van der Waals surface area contributed by atoms with Crippen molar-refractivity contribution in [3.8, 4) is 11.5 Å². The molecule has 0 aliphatic rings. The molecule has 0 aromatic heterocycles. The highest BCUT2D eigenvalue weighted by Crippen LogP contribution is 2.22. The van der Waals surface area contributed by atoms with Crippen LogP contribution in [0.15, 0.2) is 60.7 Å². The molecular weight excluding hydrogens is 336 g/mol. The van der Waals surface area contributed by atoms with Gasteiger partial charge in [0.2, 0.25) is 0 Å². The van der Waals surface area contributed by atoms with Crippen molar-refractivity contribution >= 4 is 33.7 Å². The number of rotatable bonds is 9. The summed E-state index contributed by atoms with van der Waals surface area (Å²) in [5, 5.41) is 0. The number of ether oxygens (including phenoxy) is 2. The molecule has 24 heavy (non-hydrogen) atoms. The van der Waals surface area contributed by atoms with Gasteiger partial charge in [-0.3, -0.25) is 0 Å². The highest BCUT2D eigenvalue weighted by molar-refractivity contribution is 8.76. The summed E-state index contributed by atoms with van der Waals surface area (Å²) < 4.78 is 10.3. The molecule has 0 unspecified atom stereocenters. The lowest BCUT2D eigenvalue weighted by atomic mass is 10.2. The van der Waals surface area contributed by atoms with Crippen LogP contribution < -0.4 is 9.47 Å². The average Bonchev–Trinajstić information content (AvgIpc) is 2.65. The first-order chi connectivity index (χ1) is 11.8. The van der Waals surface area contributed by atoms with Gasteiger partial charge < -0.3 is 9.47 Å². The van der Waals surface area contributed by atoms with Crippen LogP contribution in [0.25, 0.3) is 12.2 Å². The minimum Gasteiger partial charge on any atom is -0.497 e. The Hall–Kier alpha value is -1.78. The van der Waals surface area contributed by atoms with Crippen molar-refractivity contribution < 1.29 is 9.47 Å². The van der Waals surface area contributed by atoms with Crippen LogP contribution in [0.2, 0.25) is 0 Å². The smallest absolute Gasteiger partial charge is 0.118 e. The summed E-state index contributed by atoms with van der Waals surface area (Å²) in [5.74, 6) is 3.77. The lowest BCUT2D eigenvalue weighted by Crippen LogP contribution is -1.81. The largest absolute Gasteiger partial charge is 0.497 e. The molecule has 0 spiro atoms. The summed E-state index contributed by atoms with van der Waals surface area (Å²) in [5.41, 5.74) is 2.39. The molecule has 0 saturated heterocycles. The quantitative estimate of drug-likeness (QED) is 0.415. The van der Waals surface area contributed by atoms with Crippen LogP contribution in [0.5, 0.6) is 11.5 Å². The Bertz CT molecular complexity index is 587. The minimum atomic E-state index is 0.890. The van der Waals surface area contributed by atoms with Gasteiger partial charge in [0.15, 0.2) is 0 Å². The van der Waals surface area contributed by atoms with Crippen molar-refractivity contribution in [2.24, 2.45) is 0 Å². The Labute approximate surface area is 152 Å². The van der Waals surface area contributed by atoms with E-state index in [4.69, 9.17) is 9.47 Å². The minimum absolute atomic E-state index is 0.890. The third-order valence-electron chi connectivity index (χ3n) is 3.26. The van der Waals surface area contributed by atoms with Crippen LogP contribution in [0.4, 0.5) is 0 Å². The van der Waals surface area contributed by atoms with Gasteiger partial charge in [-0.25, -0.2) is 0 Å². The van der Waals surface area contributed by atoms with Crippen LogP contribution in [-0.4, -0.2) is 25.7 Å². The highest BCUT2D eigenvalue weighted by atomic mass is 33.1. The van der Waals surface area contributed by atoms with Crippen LogP contribution in [0.3, 0.4) is 0 Å². The molecule has 0 aliphatic carbocycles. The van der Waals surface area contributed by atoms with Crippen LogP contribution >= 0.6 is 21.6 Å². The van der Waals surface area contributed by atoms with Gasteiger partial charge in [0, 0.05) is 11.5 Å². The molecule has 0 saturated carbocycles. The number of methoxy groups -OCH3 is 2. The topological polar surface area (TPSA) is 18.5 Å². The second kappa shape index (κ2) is 10.9. The maximum absolute atomic E-state index is 5.15. The number of hydrogen-bond donors (Lipinski definition) is 0. The van der Waals surface area contributed by atoms with Crippen molar-refractivity contribution in [3.63, 3.8) is 0 Å². The zero-order valence-corrected chi connectivity index (χ0v) is 15.6. The van der Waals surface area contributed by atoms with Crippen molar-refractivity contribution in [2.75, 3.05) is 25.7 Å². The molecule has 0 atom stereocenters. The second-order valence-electron chi connectivity index (χ2n) is 4.92. The highest BCUT2D eigenvalue weighted by Gasteiger charge is 1.91. The zero-order chi connectivity index (χ0) is 17.0. The molecular formula is C20H22O2S2. The van der Waals surface area contributed by atoms with E-state index in [1.807, 2.05) is 45.9 Å². The molecule has 2 aromatic carbocycles. The van der Waals surface area contributed by atoms with Gasteiger partial charge in [-0.2, -0.15) is 0 Å². The van der Waals surface area contributed by atoms with E-state index in [2.05, 4.69) is 48.6 Å². The van der Waals surface area contributed by atoms with Crippen molar-refractivity contribution in [3.05, 3.63) is 71.8 Å². The Kier molecular flexibility index (Phi) is 8.42. The third kappa shape index (κ3) is 6.77. The van der Waals surface area contributed by atoms with Gasteiger partial charge in [0.1, 0.15) is 11.5 Å². The first kappa shape index (κ1) is 18.6. The molecule has 0 aliphatic heterocycles. The van der Waals surface area contributed by atoms with Gasteiger partial charge in [0.05, 0.1) is 14.2 Å². The summed E-state index contributed by atoms with van der Waals surface area (Å²) >= 11 is 0. The maximum atomic E-state index is 5.15. The Balaban J connectivity index is 1.61. The molecule has 2 rings (SSSR count). The van der Waals surface area contributed by atoms with E-state index < -0.39 is 0 Å². The predicted molar refractivity (Wildman–Crippen MR) is 109 cm³/mol. The molecule has 126 valence electrons. The molecule has 0 amide bonds. The van der Waals surface area contributed by atoms with E-state index in [0.29, 0.717) is 0 Å². The van der Waals surface area contributed by atoms with Crippen LogP contribution in [0.1, 0.15) is 11.1 Å². The molecule has 2 aromatic rings. The summed E-state index contributed by atoms with van der Waals surface area (Å²) in [6.45, 7) is 0. The summed E-state index contributed by atoms with van der Waals surface area (Å²) in [4.78, 5) is 0. The molecule has 0 heterocycles. The molecule has 0 radical (unpaired) electrons. The normalized spacial score (nSPS) is 11.2. The van der Waals surface area contributed by atoms with Crippen LogP contribution in [-0.2, 0) is 0 Å². The fraction of sp³-hybridized carbons (Fsp3) is 0.200. The number of benzene rings is 2. The van der Waals surface area contributed by atoms with Crippen molar-refractivity contribution in [2.45, 2.75) is 0 Å². The van der Waals surface area contributed by atoms with E-state index in [-0.39, 0.29) is 0 Å². The van der Waals surface area contributed by atoms with E-state index in [9.17, 15) is 0 Å². The van der Waals surface area contributed by atoms with Gasteiger partial charge in [-0.1, -0.05) is 70.2 Å². The Morgan fingerprint density at radius 1 is 0.667 bits per heavy atom. The van der Waals surface area contributed by atoms with Crippen molar-refractivity contribution in [1.82, 2.24) is 0 Å². The second-order valence-corrected chi connectivity index (χ2v) is 7.47. The van der Waals surface area contributed by atoms with E-state index in [1.54, 1.807) is 14.2 Å². The average molecular weight is 359 g/mol. The van der Waals surface area contributed by atoms with E-state index in [1.165, 1.54) is 11.1 Å². The molecule has 0 N–H and O–H groups in total. The third-order valence-corrected chi connectivity index (χ3v) is 5.40. The lowest BCUT2D eigenvalue weighted by molar-refractivity contribution is 0.414. The lowest BCUT2D eigenvalue weighted by Gasteiger charge is -1.99. The Morgan fingerprint density at radius 3 is 1.38 bits per heavy atom. The van der Waals surface area contributed by atoms with Gasteiger partial charge in [-0.15, -0.1) is 0 Å². The van der Waals surface area contributed by atoms with E-state index >= 15 is 0 Å². The zero-order valence-electron chi connectivity index (χ0n) is 14.0. The first-order valence-corrected chi connectivity index (χ1v) is 10.2. The SMILES string of the molecule is COc1ccc(/C=C/CSSC/C=C/c2ccc(OC)cc2)cc1. The summed E-state index contributed by atoms with van der Waals surface area (Å²) in [7, 11) is 7.08. The predicted octanol–water partition coefficient (Wildman–Crippen LogP) is 5.81. The fourth-order valence-corrected chi connectivity index (χ4v) is 3.56. The molecule has 0 fully saturated rings. The van der Waals surface area contributed by atoms with Gasteiger partial charge >= 0.3 is 0 Å². The van der Waals surface area contributed by atoms with Gasteiger partial charge in [-0.05, 0) is 35.4 Å². The monoisotopic (exact) mass is 358 g/mol. The summed E-state index contributed by atoms with van der Waals surface area (Å²) in [6, 6.07) is 16.2. The molecule has 4 heteroatoms. The first-order valence-electron chi connectivity index (χ1n) is 7.67. The standard InChI is InChI=1S/C20H22O2S2/c1-21-19-11-7-17(8-12-19)5-3-15-23-24-16-4-6-18-9-13-20(22-2)14-10-18/h3-14H,15-16H2,1-2H3/b5-3+,6-4+. The van der Waals surface area contributed by atoms with Crippen LogP contribution in [0, 0.1) is 0 Å². The fourth-order valence-electron chi connectivity index (χ4n) is 1.97.